The van der Waals surface area contributed by atoms with Gasteiger partial charge in [0.1, 0.15) is 15.8 Å². The van der Waals surface area contributed by atoms with Crippen LogP contribution in [0.2, 0.25) is 5.02 Å². The van der Waals surface area contributed by atoms with Gasteiger partial charge in [-0.2, -0.15) is 0 Å². The Labute approximate surface area is 211 Å². The highest BCUT2D eigenvalue weighted by atomic mass is 35.5. The number of amides is 1. The average Bonchev–Trinajstić information content (AvgIpc) is 3.09. The number of halogens is 1. The van der Waals surface area contributed by atoms with Crippen molar-refractivity contribution >= 4 is 63.3 Å². The zero-order valence-electron chi connectivity index (χ0n) is 18.6. The summed E-state index contributed by atoms with van der Waals surface area (Å²) in [4.78, 5) is 33.1. The molecule has 1 aliphatic heterocycles. The number of carbonyl (C=O) groups is 1. The van der Waals surface area contributed by atoms with Crippen LogP contribution in [-0.2, 0) is 11.3 Å². The monoisotopic (exact) mass is 514 g/mol. The maximum absolute atomic E-state index is 13.4. The second kappa shape index (κ2) is 10.3. The van der Waals surface area contributed by atoms with Gasteiger partial charge in [0, 0.05) is 11.2 Å². The first-order valence-electron chi connectivity index (χ1n) is 10.7. The summed E-state index contributed by atoms with van der Waals surface area (Å²) in [6.45, 7) is 3.91. The van der Waals surface area contributed by atoms with E-state index in [4.69, 9.17) is 23.8 Å². The molecule has 3 aromatic rings. The molecule has 0 saturated carbocycles. The molecule has 10 heteroatoms. The summed E-state index contributed by atoms with van der Waals surface area (Å²) in [6.07, 6.45) is 3.80. The van der Waals surface area contributed by atoms with Gasteiger partial charge in [-0.1, -0.05) is 66.8 Å². The van der Waals surface area contributed by atoms with Crippen molar-refractivity contribution in [2.75, 3.05) is 11.9 Å². The van der Waals surface area contributed by atoms with E-state index < -0.39 is 0 Å². The molecule has 7 nitrogen and oxygen atoms in total. The minimum Gasteiger partial charge on any atom is -0.394 e. The molecule has 1 amide bonds. The fraction of sp³-hybridized carbons (Fsp3) is 0.250. The molecule has 1 fully saturated rings. The topological polar surface area (TPSA) is 86.9 Å². The van der Waals surface area contributed by atoms with Crippen molar-refractivity contribution in [3.8, 4) is 0 Å². The number of fused-ring (bicyclic) bond motifs is 1. The molecule has 0 radical (unpaired) electrons. The highest BCUT2D eigenvalue weighted by molar-refractivity contribution is 8.26. The number of benzene rings is 1. The van der Waals surface area contributed by atoms with Crippen LogP contribution in [0, 0.1) is 6.92 Å². The van der Waals surface area contributed by atoms with Crippen molar-refractivity contribution in [1.82, 2.24) is 14.3 Å². The van der Waals surface area contributed by atoms with E-state index in [0.29, 0.717) is 32.1 Å². The van der Waals surface area contributed by atoms with E-state index in [-0.39, 0.29) is 36.2 Å². The number of aryl methyl sites for hydroxylation is 1. The minimum absolute atomic E-state index is 0.120. The summed E-state index contributed by atoms with van der Waals surface area (Å²) in [5, 5.41) is 13.4. The number of aromatic nitrogens is 2. The summed E-state index contributed by atoms with van der Waals surface area (Å²) in [6, 6.07) is 10.6. The van der Waals surface area contributed by atoms with E-state index in [9.17, 15) is 14.7 Å². The third kappa shape index (κ3) is 4.74. The maximum Gasteiger partial charge on any atom is 0.267 e. The third-order valence-corrected chi connectivity index (χ3v) is 7.32. The molecule has 1 atom stereocenters. The number of thiocarbonyl (C=S) groups is 1. The molecule has 2 N–H and O–H groups in total. The molecule has 3 heterocycles. The predicted molar refractivity (Wildman–Crippen MR) is 141 cm³/mol. The smallest absolute Gasteiger partial charge is 0.267 e. The Bertz CT molecular complexity index is 1370. The van der Waals surface area contributed by atoms with Gasteiger partial charge in [0.25, 0.3) is 11.5 Å². The first kappa shape index (κ1) is 24.4. The van der Waals surface area contributed by atoms with Crippen LogP contribution in [-0.4, -0.2) is 42.3 Å². The molecule has 0 spiro atoms. The first-order valence-corrected chi connectivity index (χ1v) is 12.3. The molecule has 0 aliphatic carbocycles. The van der Waals surface area contributed by atoms with Crippen molar-refractivity contribution in [2.45, 2.75) is 32.9 Å². The number of thioether (sulfide) groups is 1. The van der Waals surface area contributed by atoms with Crippen LogP contribution < -0.4 is 10.9 Å². The van der Waals surface area contributed by atoms with Crippen LogP contribution in [0.3, 0.4) is 0 Å². The van der Waals surface area contributed by atoms with E-state index in [1.807, 2.05) is 38.1 Å². The zero-order valence-corrected chi connectivity index (χ0v) is 21.0. The highest BCUT2D eigenvalue weighted by Crippen LogP contribution is 2.35. The Morgan fingerprint density at radius 1 is 1.26 bits per heavy atom. The van der Waals surface area contributed by atoms with Crippen molar-refractivity contribution in [2.24, 2.45) is 0 Å². The number of hydrogen-bond donors (Lipinski definition) is 2. The SMILES string of the molecule is CC[C@H](CO)Nc1nc2c(C)cccn2c(=O)c1/C=C1\SC(=S)N(Cc2ccccc2Cl)C1=O. The second-order valence-electron chi connectivity index (χ2n) is 7.86. The van der Waals surface area contributed by atoms with Crippen molar-refractivity contribution in [1.29, 1.82) is 0 Å². The van der Waals surface area contributed by atoms with E-state index in [1.54, 1.807) is 18.3 Å². The number of carbonyl (C=O) groups excluding carboxylic acids is 1. The third-order valence-electron chi connectivity index (χ3n) is 5.57. The Hall–Kier alpha value is -2.72. The summed E-state index contributed by atoms with van der Waals surface area (Å²) in [5.41, 5.74) is 2.03. The Morgan fingerprint density at radius 3 is 2.74 bits per heavy atom. The molecule has 1 aliphatic rings. The molecular formula is C24H23ClN4O3S2. The van der Waals surface area contributed by atoms with Gasteiger partial charge in [0.15, 0.2) is 0 Å². The largest absolute Gasteiger partial charge is 0.394 e. The molecule has 2 aromatic heterocycles. The lowest BCUT2D eigenvalue weighted by molar-refractivity contribution is -0.122. The van der Waals surface area contributed by atoms with Crippen LogP contribution in [0.1, 0.15) is 30.0 Å². The van der Waals surface area contributed by atoms with Crippen LogP contribution in [0.25, 0.3) is 11.7 Å². The van der Waals surface area contributed by atoms with Gasteiger partial charge in [-0.25, -0.2) is 4.98 Å². The van der Waals surface area contributed by atoms with Crippen molar-refractivity contribution < 1.29 is 9.90 Å². The molecule has 1 aromatic carbocycles. The lowest BCUT2D eigenvalue weighted by atomic mass is 10.2. The van der Waals surface area contributed by atoms with Crippen molar-refractivity contribution in [3.05, 3.63) is 79.6 Å². The molecule has 0 unspecified atom stereocenters. The Kier molecular flexibility index (Phi) is 7.37. The highest BCUT2D eigenvalue weighted by Gasteiger charge is 2.33. The van der Waals surface area contributed by atoms with E-state index >= 15 is 0 Å². The summed E-state index contributed by atoms with van der Waals surface area (Å²) >= 11 is 12.9. The molecule has 34 heavy (non-hydrogen) atoms. The Balaban J connectivity index is 1.78. The standard InChI is InChI=1S/C24H23ClN4O3S2/c1-3-16(13-30)26-20-17(22(31)28-10-6-7-14(2)21(28)27-20)11-19-23(32)29(24(33)34-19)12-15-8-4-5-9-18(15)25/h4-11,16,26,30H,3,12-13H2,1-2H3/b19-11-/t16-/m1/s1. The van der Waals surface area contributed by atoms with E-state index in [2.05, 4.69) is 10.3 Å². The molecule has 176 valence electrons. The summed E-state index contributed by atoms with van der Waals surface area (Å²) < 4.78 is 1.84. The minimum atomic E-state index is -0.319. The normalized spacial score (nSPS) is 16.0. The van der Waals surface area contributed by atoms with Gasteiger partial charge in [-0.3, -0.25) is 18.9 Å². The number of nitrogens with zero attached hydrogens (tertiary/aromatic N) is 3. The lowest BCUT2D eigenvalue weighted by Crippen LogP contribution is -2.28. The number of aliphatic hydroxyl groups is 1. The second-order valence-corrected chi connectivity index (χ2v) is 9.94. The summed E-state index contributed by atoms with van der Waals surface area (Å²) in [5.74, 6) is 0.0142. The number of rotatable bonds is 7. The van der Waals surface area contributed by atoms with Gasteiger partial charge in [0.2, 0.25) is 0 Å². The molecular weight excluding hydrogens is 492 g/mol. The maximum atomic E-state index is 13.4. The fourth-order valence-electron chi connectivity index (χ4n) is 3.59. The fourth-order valence-corrected chi connectivity index (χ4v) is 5.02. The van der Waals surface area contributed by atoms with Crippen LogP contribution >= 0.6 is 35.6 Å². The van der Waals surface area contributed by atoms with E-state index in [0.717, 1.165) is 22.9 Å². The van der Waals surface area contributed by atoms with Gasteiger partial charge < -0.3 is 10.4 Å². The average molecular weight is 515 g/mol. The van der Waals surface area contributed by atoms with Gasteiger partial charge in [-0.15, -0.1) is 0 Å². The predicted octanol–water partition coefficient (Wildman–Crippen LogP) is 4.24. The number of hydrogen-bond acceptors (Lipinski definition) is 7. The number of aliphatic hydroxyl groups excluding tert-OH is 1. The number of anilines is 1. The van der Waals surface area contributed by atoms with Gasteiger partial charge >= 0.3 is 0 Å². The lowest BCUT2D eigenvalue weighted by Gasteiger charge is -2.18. The molecule has 1 saturated heterocycles. The zero-order chi connectivity index (χ0) is 24.4. The first-order chi connectivity index (χ1) is 16.3. The van der Waals surface area contributed by atoms with E-state index in [1.165, 1.54) is 15.4 Å². The molecule has 4 rings (SSSR count). The molecule has 0 bridgehead atoms. The quantitative estimate of drug-likeness (QED) is 0.360. The van der Waals surface area contributed by atoms with Crippen molar-refractivity contribution in [3.63, 3.8) is 0 Å². The van der Waals surface area contributed by atoms with Gasteiger partial charge in [-0.05, 0) is 42.7 Å². The summed E-state index contributed by atoms with van der Waals surface area (Å²) in [7, 11) is 0. The number of pyridine rings is 1. The Morgan fingerprint density at radius 2 is 2.03 bits per heavy atom. The van der Waals surface area contributed by atoms with Crippen LogP contribution in [0.4, 0.5) is 5.82 Å². The van der Waals surface area contributed by atoms with Gasteiger partial charge in [0.05, 0.1) is 29.7 Å². The van der Waals surface area contributed by atoms with Crippen LogP contribution in [0.5, 0.6) is 0 Å². The number of nitrogens with one attached hydrogen (secondary N) is 1. The van der Waals surface area contributed by atoms with Crippen LogP contribution in [0.15, 0.2) is 52.3 Å².